The first-order chi connectivity index (χ1) is 12.3. The van der Waals surface area contributed by atoms with Crippen LogP contribution in [0.15, 0.2) is 48.5 Å². The van der Waals surface area contributed by atoms with Crippen LogP contribution in [0.3, 0.4) is 0 Å². The zero-order chi connectivity index (χ0) is 19.2. The van der Waals surface area contributed by atoms with Crippen molar-refractivity contribution in [3.8, 4) is 5.75 Å². The Balaban J connectivity index is 2.03. The number of ether oxygens (including phenoxy) is 1. The Morgan fingerprint density at radius 2 is 1.92 bits per heavy atom. The standard InChI is InChI=1S/C18H21ClN2O4S/c1-25-17-9-4-3-8-16(17)21(26(2,23)24)13-18(22)20-11-10-14-6-5-7-15(19)12-14/h3-9,12H,10-11,13H2,1-2H3,(H,20,22). The second-order valence-corrected chi connectivity index (χ2v) is 8.01. The Kier molecular flexibility index (Phi) is 6.88. The highest BCUT2D eigenvalue weighted by molar-refractivity contribution is 7.92. The van der Waals surface area contributed by atoms with Gasteiger partial charge in [-0.3, -0.25) is 9.10 Å². The van der Waals surface area contributed by atoms with E-state index in [9.17, 15) is 13.2 Å². The number of anilines is 1. The summed E-state index contributed by atoms with van der Waals surface area (Å²) in [6, 6.07) is 14.0. The smallest absolute Gasteiger partial charge is 0.240 e. The quantitative estimate of drug-likeness (QED) is 0.743. The number of amides is 1. The van der Waals surface area contributed by atoms with Gasteiger partial charge in [0.2, 0.25) is 15.9 Å². The minimum Gasteiger partial charge on any atom is -0.495 e. The number of hydrogen-bond acceptors (Lipinski definition) is 4. The van der Waals surface area contributed by atoms with Crippen LogP contribution in [0.2, 0.25) is 5.02 Å². The van der Waals surface area contributed by atoms with Gasteiger partial charge in [-0.25, -0.2) is 8.42 Å². The molecular weight excluding hydrogens is 376 g/mol. The lowest BCUT2D eigenvalue weighted by Gasteiger charge is -2.23. The second-order valence-electron chi connectivity index (χ2n) is 5.67. The number of methoxy groups -OCH3 is 1. The molecule has 0 heterocycles. The van der Waals surface area contributed by atoms with E-state index in [0.717, 1.165) is 16.1 Å². The number of hydrogen-bond donors (Lipinski definition) is 1. The lowest BCUT2D eigenvalue weighted by Crippen LogP contribution is -2.41. The minimum absolute atomic E-state index is 0.322. The summed E-state index contributed by atoms with van der Waals surface area (Å²) in [6.07, 6.45) is 1.65. The predicted octanol–water partition coefficient (Wildman–Crippen LogP) is 2.47. The lowest BCUT2D eigenvalue weighted by molar-refractivity contribution is -0.119. The number of carbonyl (C=O) groups excluding carboxylic acids is 1. The molecule has 0 aromatic heterocycles. The molecule has 2 aromatic carbocycles. The van der Waals surface area contributed by atoms with Gasteiger partial charge in [0.25, 0.3) is 0 Å². The zero-order valence-corrected chi connectivity index (χ0v) is 16.2. The summed E-state index contributed by atoms with van der Waals surface area (Å²) < 4.78 is 30.5. The molecule has 0 aliphatic rings. The maximum absolute atomic E-state index is 12.2. The van der Waals surface area contributed by atoms with E-state index in [1.54, 1.807) is 30.3 Å². The zero-order valence-electron chi connectivity index (χ0n) is 14.6. The molecule has 1 N–H and O–H groups in total. The Morgan fingerprint density at radius 1 is 1.19 bits per heavy atom. The van der Waals surface area contributed by atoms with Crippen molar-refractivity contribution in [3.63, 3.8) is 0 Å². The molecule has 8 heteroatoms. The summed E-state index contributed by atoms with van der Waals surface area (Å²) in [5.74, 6) is -0.0204. The van der Waals surface area contributed by atoms with E-state index in [-0.39, 0.29) is 6.54 Å². The van der Waals surface area contributed by atoms with Crippen LogP contribution in [-0.4, -0.2) is 40.8 Å². The number of nitrogens with one attached hydrogen (secondary N) is 1. The van der Waals surface area contributed by atoms with Crippen molar-refractivity contribution in [2.24, 2.45) is 0 Å². The van der Waals surface area contributed by atoms with Crippen molar-refractivity contribution in [2.75, 3.05) is 30.8 Å². The van der Waals surface area contributed by atoms with Crippen molar-refractivity contribution >= 4 is 33.2 Å². The molecule has 0 aliphatic heterocycles. The number of rotatable bonds is 8. The molecule has 0 saturated carbocycles. The molecule has 6 nitrogen and oxygen atoms in total. The lowest BCUT2D eigenvalue weighted by atomic mass is 10.1. The van der Waals surface area contributed by atoms with Gasteiger partial charge in [-0.2, -0.15) is 0 Å². The maximum Gasteiger partial charge on any atom is 0.240 e. The summed E-state index contributed by atoms with van der Waals surface area (Å²) >= 11 is 5.93. The van der Waals surface area contributed by atoms with Crippen LogP contribution in [0.4, 0.5) is 5.69 Å². The van der Waals surface area contributed by atoms with Crippen molar-refractivity contribution in [3.05, 3.63) is 59.1 Å². The van der Waals surface area contributed by atoms with Crippen molar-refractivity contribution in [1.29, 1.82) is 0 Å². The third kappa shape index (κ3) is 5.64. The van der Waals surface area contributed by atoms with Crippen LogP contribution < -0.4 is 14.4 Å². The molecule has 0 spiro atoms. The van der Waals surface area contributed by atoms with Crippen LogP contribution >= 0.6 is 11.6 Å². The number of nitrogens with zero attached hydrogens (tertiary/aromatic N) is 1. The first kappa shape index (κ1) is 20.1. The highest BCUT2D eigenvalue weighted by atomic mass is 35.5. The van der Waals surface area contributed by atoms with Crippen molar-refractivity contribution in [1.82, 2.24) is 5.32 Å². The average molecular weight is 397 g/mol. The van der Waals surface area contributed by atoms with E-state index in [0.29, 0.717) is 29.4 Å². The normalized spacial score (nSPS) is 11.0. The Morgan fingerprint density at radius 3 is 2.58 bits per heavy atom. The van der Waals surface area contributed by atoms with E-state index in [1.165, 1.54) is 7.11 Å². The molecule has 0 atom stereocenters. The molecule has 0 aliphatic carbocycles. The van der Waals surface area contributed by atoms with Crippen molar-refractivity contribution in [2.45, 2.75) is 6.42 Å². The summed E-state index contributed by atoms with van der Waals surface area (Å²) in [5.41, 5.74) is 1.31. The van der Waals surface area contributed by atoms with E-state index in [4.69, 9.17) is 16.3 Å². The SMILES string of the molecule is COc1ccccc1N(CC(=O)NCCc1cccc(Cl)c1)S(C)(=O)=O. The van der Waals surface area contributed by atoms with Gasteiger partial charge in [0.05, 0.1) is 19.1 Å². The Bertz CT molecular complexity index is 871. The van der Waals surface area contributed by atoms with Crippen LogP contribution in [0, 0.1) is 0 Å². The van der Waals surface area contributed by atoms with E-state index in [2.05, 4.69) is 5.32 Å². The fourth-order valence-electron chi connectivity index (χ4n) is 2.44. The molecule has 0 saturated heterocycles. The molecule has 2 aromatic rings. The van der Waals surface area contributed by atoms with Crippen LogP contribution in [0.5, 0.6) is 5.75 Å². The Labute approximate surface area is 158 Å². The first-order valence-corrected chi connectivity index (χ1v) is 10.2. The monoisotopic (exact) mass is 396 g/mol. The molecule has 2 rings (SSSR count). The summed E-state index contributed by atoms with van der Waals surface area (Å²) in [4.78, 5) is 12.2. The van der Waals surface area contributed by atoms with Gasteiger partial charge < -0.3 is 10.1 Å². The van der Waals surface area contributed by atoms with Gasteiger partial charge >= 0.3 is 0 Å². The van der Waals surface area contributed by atoms with E-state index in [1.807, 2.05) is 18.2 Å². The van der Waals surface area contributed by atoms with E-state index >= 15 is 0 Å². The van der Waals surface area contributed by atoms with Gasteiger partial charge in [-0.05, 0) is 36.2 Å². The third-order valence-electron chi connectivity index (χ3n) is 3.67. The fraction of sp³-hybridized carbons (Fsp3) is 0.278. The highest BCUT2D eigenvalue weighted by Gasteiger charge is 2.23. The predicted molar refractivity (Wildman–Crippen MR) is 103 cm³/mol. The molecule has 140 valence electrons. The number of benzene rings is 2. The average Bonchev–Trinajstić information content (AvgIpc) is 2.59. The maximum atomic E-state index is 12.2. The highest BCUT2D eigenvalue weighted by Crippen LogP contribution is 2.29. The molecule has 0 bridgehead atoms. The number of para-hydroxylation sites is 2. The van der Waals surface area contributed by atoms with Gasteiger partial charge in [0.1, 0.15) is 12.3 Å². The van der Waals surface area contributed by atoms with Crippen LogP contribution in [-0.2, 0) is 21.2 Å². The summed E-state index contributed by atoms with van der Waals surface area (Å²) in [5, 5.41) is 3.36. The van der Waals surface area contributed by atoms with Gasteiger partial charge in [-0.15, -0.1) is 0 Å². The molecule has 1 amide bonds. The summed E-state index contributed by atoms with van der Waals surface area (Å²) in [6.45, 7) is 0.0530. The number of sulfonamides is 1. The van der Waals surface area contributed by atoms with Gasteiger partial charge in [-0.1, -0.05) is 35.9 Å². The molecule has 0 fully saturated rings. The molecule has 0 radical (unpaired) electrons. The molecule has 26 heavy (non-hydrogen) atoms. The van der Waals surface area contributed by atoms with Crippen LogP contribution in [0.25, 0.3) is 0 Å². The topological polar surface area (TPSA) is 75.7 Å². The van der Waals surface area contributed by atoms with Gasteiger partial charge in [0, 0.05) is 11.6 Å². The summed E-state index contributed by atoms with van der Waals surface area (Å²) in [7, 11) is -2.20. The Hall–Kier alpha value is -2.25. The van der Waals surface area contributed by atoms with Crippen LogP contribution in [0.1, 0.15) is 5.56 Å². The number of halogens is 1. The third-order valence-corrected chi connectivity index (χ3v) is 5.03. The largest absolute Gasteiger partial charge is 0.495 e. The van der Waals surface area contributed by atoms with Gasteiger partial charge in [0.15, 0.2) is 0 Å². The fourth-order valence-corrected chi connectivity index (χ4v) is 3.51. The van der Waals surface area contributed by atoms with Crippen molar-refractivity contribution < 1.29 is 17.9 Å². The number of carbonyl (C=O) groups is 1. The van der Waals surface area contributed by atoms with E-state index < -0.39 is 15.9 Å². The molecule has 0 unspecified atom stereocenters. The molecular formula is C18H21ClN2O4S. The first-order valence-electron chi connectivity index (χ1n) is 7.93. The minimum atomic E-state index is -3.65. The second kappa shape index (κ2) is 8.91.